The predicted molar refractivity (Wildman–Crippen MR) is 60.2 cm³/mol. The number of rotatable bonds is 6. The van der Waals surface area contributed by atoms with Crippen LogP contribution in [0.15, 0.2) is 0 Å². The van der Waals surface area contributed by atoms with E-state index in [4.69, 9.17) is 0 Å². The summed E-state index contributed by atoms with van der Waals surface area (Å²) in [5.74, 6) is 0.174. The summed E-state index contributed by atoms with van der Waals surface area (Å²) in [6, 6.07) is 0. The number of unbranched alkanes of at least 4 members (excludes halogenated alkanes) is 1. The summed E-state index contributed by atoms with van der Waals surface area (Å²) >= 11 is 3.34. The van der Waals surface area contributed by atoms with E-state index in [0.29, 0.717) is 6.42 Å². The molecule has 0 bridgehead atoms. The number of alkyl halides is 1. The molecule has 2 nitrogen and oxygen atoms in total. The topological polar surface area (TPSA) is 29.1 Å². The molecular formula is C10H20BrNO. The minimum absolute atomic E-state index is 0.0501. The number of carbonyl (C=O) groups is 1. The standard InChI is InChI=1S/C10H20BrNO/c1-4-10(2,3)12-9(13)7-5-6-8-11/h4-8H2,1-3H3,(H,12,13). The molecule has 1 N–H and O–H groups in total. The van der Waals surface area contributed by atoms with Crippen LogP contribution < -0.4 is 5.32 Å². The van der Waals surface area contributed by atoms with Crippen molar-refractivity contribution in [1.82, 2.24) is 5.32 Å². The van der Waals surface area contributed by atoms with E-state index < -0.39 is 0 Å². The van der Waals surface area contributed by atoms with Crippen LogP contribution in [0.5, 0.6) is 0 Å². The number of hydrogen-bond acceptors (Lipinski definition) is 1. The Labute approximate surface area is 89.6 Å². The van der Waals surface area contributed by atoms with Crippen molar-refractivity contribution < 1.29 is 4.79 Å². The molecule has 0 saturated heterocycles. The zero-order chi connectivity index (χ0) is 10.3. The largest absolute Gasteiger partial charge is 0.351 e. The quantitative estimate of drug-likeness (QED) is 0.570. The molecule has 0 unspecified atom stereocenters. The van der Waals surface area contributed by atoms with E-state index in [9.17, 15) is 4.79 Å². The first kappa shape index (κ1) is 12.9. The van der Waals surface area contributed by atoms with Crippen LogP contribution in [-0.4, -0.2) is 16.8 Å². The highest BCUT2D eigenvalue weighted by Gasteiger charge is 2.16. The molecule has 0 aromatic carbocycles. The lowest BCUT2D eigenvalue weighted by Crippen LogP contribution is -2.42. The van der Waals surface area contributed by atoms with Gasteiger partial charge in [-0.25, -0.2) is 0 Å². The van der Waals surface area contributed by atoms with E-state index in [2.05, 4.69) is 42.0 Å². The minimum atomic E-state index is -0.0501. The third-order valence-electron chi connectivity index (χ3n) is 2.15. The number of hydrogen-bond donors (Lipinski definition) is 1. The van der Waals surface area contributed by atoms with E-state index in [-0.39, 0.29) is 11.4 Å². The molecule has 0 aromatic rings. The highest BCUT2D eigenvalue weighted by atomic mass is 79.9. The second-order valence-electron chi connectivity index (χ2n) is 3.93. The van der Waals surface area contributed by atoms with Crippen LogP contribution in [0.3, 0.4) is 0 Å². The second kappa shape index (κ2) is 6.41. The predicted octanol–water partition coefficient (Wildman–Crippen LogP) is 2.86. The molecule has 0 atom stereocenters. The van der Waals surface area contributed by atoms with Crippen LogP contribution in [0.25, 0.3) is 0 Å². The van der Waals surface area contributed by atoms with Crippen molar-refractivity contribution >= 4 is 21.8 Å². The summed E-state index contributed by atoms with van der Waals surface area (Å²) in [6.07, 6.45) is 3.66. The molecule has 13 heavy (non-hydrogen) atoms. The monoisotopic (exact) mass is 249 g/mol. The Kier molecular flexibility index (Phi) is 6.39. The minimum Gasteiger partial charge on any atom is -0.351 e. The summed E-state index contributed by atoms with van der Waals surface area (Å²) < 4.78 is 0. The van der Waals surface area contributed by atoms with E-state index in [1.54, 1.807) is 0 Å². The van der Waals surface area contributed by atoms with E-state index in [0.717, 1.165) is 24.6 Å². The fourth-order valence-corrected chi connectivity index (χ4v) is 1.30. The Morgan fingerprint density at radius 1 is 1.38 bits per heavy atom. The molecule has 0 aliphatic carbocycles. The first-order valence-corrected chi connectivity index (χ1v) is 6.01. The first-order valence-electron chi connectivity index (χ1n) is 4.89. The maximum atomic E-state index is 11.4. The van der Waals surface area contributed by atoms with Gasteiger partial charge in [-0.05, 0) is 33.1 Å². The first-order chi connectivity index (χ1) is 6.02. The van der Waals surface area contributed by atoms with Gasteiger partial charge in [0, 0.05) is 17.3 Å². The van der Waals surface area contributed by atoms with Gasteiger partial charge in [0.05, 0.1) is 0 Å². The third kappa shape index (κ3) is 7.05. The maximum Gasteiger partial charge on any atom is 0.220 e. The van der Waals surface area contributed by atoms with Crippen molar-refractivity contribution in [2.45, 2.75) is 52.0 Å². The molecule has 0 rings (SSSR count). The molecule has 0 aliphatic rings. The lowest BCUT2D eigenvalue weighted by Gasteiger charge is -2.24. The van der Waals surface area contributed by atoms with Gasteiger partial charge in [-0.15, -0.1) is 0 Å². The summed E-state index contributed by atoms with van der Waals surface area (Å²) in [7, 11) is 0. The van der Waals surface area contributed by atoms with E-state index >= 15 is 0 Å². The average molecular weight is 250 g/mol. The van der Waals surface area contributed by atoms with Crippen molar-refractivity contribution in [1.29, 1.82) is 0 Å². The van der Waals surface area contributed by atoms with Crippen LogP contribution in [-0.2, 0) is 4.79 Å². The van der Waals surface area contributed by atoms with Crippen LogP contribution in [0.1, 0.15) is 46.5 Å². The van der Waals surface area contributed by atoms with Gasteiger partial charge >= 0.3 is 0 Å². The molecule has 0 saturated carbocycles. The molecular weight excluding hydrogens is 230 g/mol. The smallest absolute Gasteiger partial charge is 0.220 e. The molecule has 0 heterocycles. The molecule has 0 aliphatic heterocycles. The van der Waals surface area contributed by atoms with Gasteiger partial charge in [-0.2, -0.15) is 0 Å². The number of amides is 1. The summed E-state index contributed by atoms with van der Waals surface area (Å²) in [5.41, 5.74) is -0.0501. The molecule has 0 spiro atoms. The molecule has 3 heteroatoms. The Morgan fingerprint density at radius 3 is 2.46 bits per heavy atom. The normalized spacial score (nSPS) is 11.4. The van der Waals surface area contributed by atoms with Gasteiger partial charge in [0.1, 0.15) is 0 Å². The van der Waals surface area contributed by atoms with Crippen LogP contribution in [0, 0.1) is 0 Å². The Bertz CT molecular complexity index is 157. The fourth-order valence-electron chi connectivity index (χ4n) is 0.908. The fraction of sp³-hybridized carbons (Fsp3) is 0.900. The van der Waals surface area contributed by atoms with Crippen LogP contribution >= 0.6 is 15.9 Å². The number of nitrogens with one attached hydrogen (secondary N) is 1. The summed E-state index contributed by atoms with van der Waals surface area (Å²) in [6.45, 7) is 6.18. The number of carbonyl (C=O) groups excluding carboxylic acids is 1. The van der Waals surface area contributed by atoms with Crippen molar-refractivity contribution in [3.05, 3.63) is 0 Å². The van der Waals surface area contributed by atoms with Crippen molar-refractivity contribution in [3.63, 3.8) is 0 Å². The van der Waals surface area contributed by atoms with Crippen molar-refractivity contribution in [2.75, 3.05) is 5.33 Å². The molecule has 0 radical (unpaired) electrons. The zero-order valence-electron chi connectivity index (χ0n) is 8.82. The average Bonchev–Trinajstić information content (AvgIpc) is 2.04. The van der Waals surface area contributed by atoms with Gasteiger partial charge in [0.25, 0.3) is 0 Å². The summed E-state index contributed by atoms with van der Waals surface area (Å²) in [5, 5.41) is 3.99. The Balaban J connectivity index is 3.62. The van der Waals surface area contributed by atoms with Crippen molar-refractivity contribution in [3.8, 4) is 0 Å². The second-order valence-corrected chi connectivity index (χ2v) is 4.72. The lowest BCUT2D eigenvalue weighted by molar-refractivity contribution is -0.122. The van der Waals surface area contributed by atoms with Gasteiger partial charge in [-0.3, -0.25) is 4.79 Å². The third-order valence-corrected chi connectivity index (χ3v) is 2.71. The molecule has 1 amide bonds. The van der Waals surface area contributed by atoms with Gasteiger partial charge in [-0.1, -0.05) is 22.9 Å². The van der Waals surface area contributed by atoms with E-state index in [1.165, 1.54) is 0 Å². The lowest BCUT2D eigenvalue weighted by atomic mass is 10.0. The van der Waals surface area contributed by atoms with Gasteiger partial charge in [0.2, 0.25) is 5.91 Å². The Hall–Kier alpha value is -0.0500. The number of halogens is 1. The highest BCUT2D eigenvalue weighted by Crippen LogP contribution is 2.08. The van der Waals surface area contributed by atoms with Gasteiger partial charge < -0.3 is 5.32 Å². The van der Waals surface area contributed by atoms with Crippen LogP contribution in [0.4, 0.5) is 0 Å². The molecule has 0 fully saturated rings. The molecule has 78 valence electrons. The maximum absolute atomic E-state index is 11.4. The Morgan fingerprint density at radius 2 is 2.00 bits per heavy atom. The van der Waals surface area contributed by atoms with Crippen LogP contribution in [0.2, 0.25) is 0 Å². The van der Waals surface area contributed by atoms with Crippen molar-refractivity contribution in [2.24, 2.45) is 0 Å². The highest BCUT2D eigenvalue weighted by molar-refractivity contribution is 9.09. The van der Waals surface area contributed by atoms with E-state index in [1.807, 2.05) is 0 Å². The van der Waals surface area contributed by atoms with Gasteiger partial charge in [0.15, 0.2) is 0 Å². The SMILES string of the molecule is CCC(C)(C)NC(=O)CCCCBr. The zero-order valence-corrected chi connectivity index (χ0v) is 10.4. The molecule has 0 aromatic heterocycles. The summed E-state index contributed by atoms with van der Waals surface area (Å²) in [4.78, 5) is 11.4.